The van der Waals surface area contributed by atoms with Gasteiger partial charge in [-0.2, -0.15) is 0 Å². The summed E-state index contributed by atoms with van der Waals surface area (Å²) in [5, 5.41) is 11.4. The number of carbonyl (C=O) groups is 1. The van der Waals surface area contributed by atoms with Gasteiger partial charge < -0.3 is 5.32 Å². The molecule has 0 aliphatic carbocycles. The smallest absolute Gasteiger partial charge is 0.234 e. The van der Waals surface area contributed by atoms with Crippen LogP contribution in [-0.4, -0.2) is 45.0 Å². The Kier molecular flexibility index (Phi) is 5.11. The summed E-state index contributed by atoms with van der Waals surface area (Å²) in [6.45, 7) is 2.22. The maximum atomic E-state index is 13.6. The second kappa shape index (κ2) is 7.84. The van der Waals surface area contributed by atoms with E-state index in [1.807, 2.05) is 28.8 Å². The van der Waals surface area contributed by atoms with Crippen LogP contribution < -0.4 is 5.32 Å². The van der Waals surface area contributed by atoms with Crippen LogP contribution in [0.25, 0.3) is 5.65 Å². The number of piperidine rings is 1. The molecule has 6 nitrogen and oxygen atoms in total. The average molecular weight is 367 g/mol. The van der Waals surface area contributed by atoms with E-state index in [1.54, 1.807) is 18.2 Å². The van der Waals surface area contributed by atoms with E-state index in [4.69, 9.17) is 0 Å². The van der Waals surface area contributed by atoms with Crippen LogP contribution in [0.5, 0.6) is 0 Å². The summed E-state index contributed by atoms with van der Waals surface area (Å²) < 4.78 is 15.7. The molecule has 1 fully saturated rings. The quantitative estimate of drug-likeness (QED) is 0.752. The van der Waals surface area contributed by atoms with E-state index < -0.39 is 0 Å². The van der Waals surface area contributed by atoms with Crippen LogP contribution in [0.4, 0.5) is 4.39 Å². The third-order valence-electron chi connectivity index (χ3n) is 5.09. The van der Waals surface area contributed by atoms with Crippen LogP contribution in [0.15, 0.2) is 48.7 Å². The van der Waals surface area contributed by atoms with Crippen LogP contribution in [-0.2, 0) is 11.3 Å². The minimum absolute atomic E-state index is 0.0790. The predicted octanol–water partition coefficient (Wildman–Crippen LogP) is 2.36. The molecular weight excluding hydrogens is 345 g/mol. The summed E-state index contributed by atoms with van der Waals surface area (Å²) in [5.74, 6) is 0.971. The van der Waals surface area contributed by atoms with Gasteiger partial charge in [-0.25, -0.2) is 4.39 Å². The number of hydrogen-bond acceptors (Lipinski definition) is 4. The molecule has 7 heteroatoms. The van der Waals surface area contributed by atoms with Crippen LogP contribution in [0, 0.1) is 5.82 Å². The molecule has 1 aromatic carbocycles. The Bertz CT molecular complexity index is 933. The molecule has 1 aliphatic rings. The molecule has 140 valence electrons. The lowest BCUT2D eigenvalue weighted by Gasteiger charge is -2.30. The van der Waals surface area contributed by atoms with Gasteiger partial charge in [0, 0.05) is 24.2 Å². The van der Waals surface area contributed by atoms with E-state index in [-0.39, 0.29) is 18.3 Å². The second-order valence-electron chi connectivity index (χ2n) is 6.91. The zero-order chi connectivity index (χ0) is 18.6. The molecule has 1 N–H and O–H groups in total. The zero-order valence-electron chi connectivity index (χ0n) is 15.0. The fourth-order valence-electron chi connectivity index (χ4n) is 3.58. The number of fused-ring (bicyclic) bond motifs is 1. The molecule has 0 spiro atoms. The van der Waals surface area contributed by atoms with Crippen LogP contribution in [0.2, 0.25) is 0 Å². The van der Waals surface area contributed by atoms with Gasteiger partial charge in [-0.3, -0.25) is 14.1 Å². The van der Waals surface area contributed by atoms with E-state index in [0.717, 1.165) is 37.4 Å². The van der Waals surface area contributed by atoms with Crippen molar-refractivity contribution in [3.05, 3.63) is 65.9 Å². The average Bonchev–Trinajstić information content (AvgIpc) is 3.12. The highest BCUT2D eigenvalue weighted by atomic mass is 19.1. The topological polar surface area (TPSA) is 62.5 Å². The van der Waals surface area contributed by atoms with E-state index in [1.165, 1.54) is 6.07 Å². The first-order valence-electron chi connectivity index (χ1n) is 9.23. The first kappa shape index (κ1) is 17.6. The number of rotatable bonds is 5. The molecular formula is C20H22FN5O. The van der Waals surface area contributed by atoms with Crippen molar-refractivity contribution in [3.8, 4) is 0 Å². The first-order chi connectivity index (χ1) is 13.2. The SMILES string of the molecule is O=C(CN1CCC(c2nnc3ccccn23)CC1)NCc1ccccc1F. The van der Waals surface area contributed by atoms with Crippen molar-refractivity contribution in [1.29, 1.82) is 0 Å². The molecule has 1 aliphatic heterocycles. The lowest BCUT2D eigenvalue weighted by atomic mass is 9.96. The number of benzene rings is 1. The fraction of sp³-hybridized carbons (Fsp3) is 0.350. The van der Waals surface area contributed by atoms with Gasteiger partial charge >= 0.3 is 0 Å². The van der Waals surface area contributed by atoms with Gasteiger partial charge in [0.25, 0.3) is 0 Å². The van der Waals surface area contributed by atoms with Crippen LogP contribution in [0.1, 0.15) is 30.1 Å². The molecule has 0 saturated carbocycles. The summed E-state index contributed by atoms with van der Waals surface area (Å²) >= 11 is 0. The molecule has 1 amide bonds. The molecule has 0 atom stereocenters. The highest BCUT2D eigenvalue weighted by Gasteiger charge is 2.25. The summed E-state index contributed by atoms with van der Waals surface area (Å²) in [6.07, 6.45) is 3.87. The molecule has 1 saturated heterocycles. The van der Waals surface area contributed by atoms with E-state index in [2.05, 4.69) is 20.4 Å². The third kappa shape index (κ3) is 3.98. The van der Waals surface area contributed by atoms with Crippen molar-refractivity contribution in [1.82, 2.24) is 24.8 Å². The number of nitrogens with one attached hydrogen (secondary N) is 1. The Morgan fingerprint density at radius 2 is 1.89 bits per heavy atom. The largest absolute Gasteiger partial charge is 0.351 e. The minimum Gasteiger partial charge on any atom is -0.351 e. The van der Waals surface area contributed by atoms with Gasteiger partial charge in [0.2, 0.25) is 5.91 Å². The minimum atomic E-state index is -0.292. The van der Waals surface area contributed by atoms with Gasteiger partial charge in [-0.15, -0.1) is 10.2 Å². The number of carbonyl (C=O) groups excluding carboxylic acids is 1. The Labute approximate surface area is 157 Å². The zero-order valence-corrected chi connectivity index (χ0v) is 15.0. The molecule has 0 unspecified atom stereocenters. The van der Waals surface area contributed by atoms with Gasteiger partial charge in [-0.05, 0) is 44.1 Å². The number of amides is 1. The van der Waals surface area contributed by atoms with Crippen molar-refractivity contribution in [3.63, 3.8) is 0 Å². The highest BCUT2D eigenvalue weighted by molar-refractivity contribution is 5.78. The monoisotopic (exact) mass is 367 g/mol. The molecule has 2 aromatic heterocycles. The van der Waals surface area contributed by atoms with Crippen molar-refractivity contribution in [2.24, 2.45) is 0 Å². The normalized spacial score (nSPS) is 15.9. The summed E-state index contributed by atoms with van der Waals surface area (Å²) in [5.41, 5.74) is 1.37. The van der Waals surface area contributed by atoms with E-state index >= 15 is 0 Å². The molecule has 3 aromatic rings. The Morgan fingerprint density at radius 1 is 1.11 bits per heavy atom. The fourth-order valence-corrected chi connectivity index (χ4v) is 3.58. The maximum absolute atomic E-state index is 13.6. The van der Waals surface area contributed by atoms with Crippen molar-refractivity contribution < 1.29 is 9.18 Å². The van der Waals surface area contributed by atoms with E-state index in [9.17, 15) is 9.18 Å². The number of halogens is 1. The number of likely N-dealkylation sites (tertiary alicyclic amines) is 1. The van der Waals surface area contributed by atoms with Gasteiger partial charge in [-0.1, -0.05) is 24.3 Å². The van der Waals surface area contributed by atoms with Gasteiger partial charge in [0.1, 0.15) is 11.6 Å². The molecule has 0 bridgehead atoms. The number of pyridine rings is 1. The van der Waals surface area contributed by atoms with Crippen molar-refractivity contribution >= 4 is 11.6 Å². The number of nitrogens with zero attached hydrogens (tertiary/aromatic N) is 4. The lowest BCUT2D eigenvalue weighted by Crippen LogP contribution is -2.41. The van der Waals surface area contributed by atoms with Crippen molar-refractivity contribution in [2.45, 2.75) is 25.3 Å². The predicted molar refractivity (Wildman–Crippen MR) is 99.6 cm³/mol. The summed E-state index contributed by atoms with van der Waals surface area (Å²) in [4.78, 5) is 14.3. The second-order valence-corrected chi connectivity index (χ2v) is 6.91. The molecule has 27 heavy (non-hydrogen) atoms. The van der Waals surface area contributed by atoms with E-state index in [0.29, 0.717) is 18.0 Å². The first-order valence-corrected chi connectivity index (χ1v) is 9.23. The Balaban J connectivity index is 1.28. The summed E-state index contributed by atoms with van der Waals surface area (Å²) in [6, 6.07) is 12.4. The Hall–Kier alpha value is -2.80. The molecule has 3 heterocycles. The summed E-state index contributed by atoms with van der Waals surface area (Å²) in [7, 11) is 0. The highest BCUT2D eigenvalue weighted by Crippen LogP contribution is 2.26. The standard InChI is InChI=1S/C20H22FN5O/c21-17-6-2-1-5-16(17)13-22-19(27)14-25-11-8-15(9-12-25)20-24-23-18-7-3-4-10-26(18)20/h1-7,10,15H,8-9,11-14H2,(H,22,27). The third-order valence-corrected chi connectivity index (χ3v) is 5.09. The van der Waals surface area contributed by atoms with Gasteiger partial charge in [0.15, 0.2) is 5.65 Å². The Morgan fingerprint density at radius 3 is 2.70 bits per heavy atom. The van der Waals surface area contributed by atoms with Crippen LogP contribution in [0.3, 0.4) is 0 Å². The number of aromatic nitrogens is 3. The maximum Gasteiger partial charge on any atom is 0.234 e. The number of hydrogen-bond donors (Lipinski definition) is 1. The molecule has 4 rings (SSSR count). The molecule has 0 radical (unpaired) electrons. The van der Waals surface area contributed by atoms with Crippen LogP contribution >= 0.6 is 0 Å². The lowest BCUT2D eigenvalue weighted by molar-refractivity contribution is -0.122. The van der Waals surface area contributed by atoms with Gasteiger partial charge in [0.05, 0.1) is 6.54 Å². The van der Waals surface area contributed by atoms with Crippen molar-refractivity contribution in [2.75, 3.05) is 19.6 Å².